The number of hydrogen-bond acceptors (Lipinski definition) is 3. The third kappa shape index (κ3) is 4.64. The minimum absolute atomic E-state index is 0.175. The van der Waals surface area contributed by atoms with Crippen LogP contribution < -0.4 is 0 Å². The fourth-order valence-corrected chi connectivity index (χ4v) is 10.6. The monoisotopic (exact) mass is 445 g/mol. The van der Waals surface area contributed by atoms with E-state index in [9.17, 15) is 12.8 Å². The van der Waals surface area contributed by atoms with Gasteiger partial charge in [0.1, 0.15) is 5.67 Å². The van der Waals surface area contributed by atoms with Gasteiger partial charge in [-0.05, 0) is 33.5 Å². The van der Waals surface area contributed by atoms with Crippen LogP contribution in [0.1, 0.15) is 66.0 Å². The lowest BCUT2D eigenvalue weighted by molar-refractivity contribution is 0.0842. The molecular weight excluding hydrogens is 412 g/mol. The molecule has 0 bridgehead atoms. The highest BCUT2D eigenvalue weighted by Gasteiger charge is 2.47. The summed E-state index contributed by atoms with van der Waals surface area (Å²) in [5.74, 6) is 0.849. The molecule has 1 aliphatic rings. The Balaban J connectivity index is 2.52. The van der Waals surface area contributed by atoms with Gasteiger partial charge >= 0.3 is 0 Å². The number of halogens is 2. The molecule has 0 aliphatic carbocycles. The van der Waals surface area contributed by atoms with Crippen molar-refractivity contribution in [2.45, 2.75) is 76.3 Å². The number of rotatable bonds is 4. The number of aromatic nitrogens is 1. The summed E-state index contributed by atoms with van der Waals surface area (Å²) >= 11 is 0. The van der Waals surface area contributed by atoms with Crippen molar-refractivity contribution in [3.8, 4) is 11.2 Å². The van der Waals surface area contributed by atoms with Gasteiger partial charge in [0, 0.05) is 23.2 Å². The van der Waals surface area contributed by atoms with Crippen LogP contribution in [0.3, 0.4) is 0 Å². The number of alkyl halides is 1. The van der Waals surface area contributed by atoms with E-state index in [1.54, 1.807) is 0 Å². The second kappa shape index (κ2) is 8.55. The summed E-state index contributed by atoms with van der Waals surface area (Å²) in [6.45, 7) is 14.6. The summed E-state index contributed by atoms with van der Waals surface area (Å²) in [6.07, 6.45) is 1.08. The lowest BCUT2D eigenvalue weighted by Crippen LogP contribution is -2.41. The van der Waals surface area contributed by atoms with Crippen LogP contribution in [0.5, 0.6) is 0 Å². The molecule has 1 fully saturated rings. The summed E-state index contributed by atoms with van der Waals surface area (Å²) in [6, 6.07) is 1.43. The van der Waals surface area contributed by atoms with Gasteiger partial charge in [-0.15, -0.1) is 0 Å². The molecule has 2 heterocycles. The van der Waals surface area contributed by atoms with E-state index in [4.69, 9.17) is 0 Å². The van der Waals surface area contributed by atoms with Crippen LogP contribution in [-0.2, 0) is 15.5 Å². The molecule has 0 N–H and O–H groups in total. The quantitative estimate of drug-likeness (QED) is 0.474. The molecule has 29 heavy (non-hydrogen) atoms. The second-order valence-electron chi connectivity index (χ2n) is 8.83. The molecule has 3 nitrogen and oxygen atoms in total. The first-order valence-electron chi connectivity index (χ1n) is 10.1. The van der Waals surface area contributed by atoms with E-state index < -0.39 is 37.4 Å². The number of nitrogens with zero attached hydrogens (tertiary/aromatic N) is 1. The molecule has 1 aromatic rings. The Morgan fingerprint density at radius 3 is 2.21 bits per heavy atom. The van der Waals surface area contributed by atoms with Gasteiger partial charge in [-0.1, -0.05) is 54.4 Å². The van der Waals surface area contributed by atoms with Crippen LogP contribution >= 0.6 is 10.0 Å². The summed E-state index contributed by atoms with van der Waals surface area (Å²) in [5, 5.41) is 4.65. The lowest BCUT2D eigenvalue weighted by atomic mass is 9.82. The third-order valence-electron chi connectivity index (χ3n) is 6.06. The first-order chi connectivity index (χ1) is 13.3. The highest BCUT2D eigenvalue weighted by atomic mass is 32.3. The normalized spacial score (nSPS) is 25.2. The second-order valence-corrected chi connectivity index (χ2v) is 15.6. The molecule has 2 atom stereocenters. The SMILES string of the molecule is CC(C)S(C#Cc1cnc(F)c([C@]2(F)CCS(=O)(=O)C[C@H]2C)c1)(C(C)C)C(C)C. The highest BCUT2D eigenvalue weighted by molar-refractivity contribution is 8.38. The third-order valence-corrected chi connectivity index (χ3v) is 13.0. The topological polar surface area (TPSA) is 47.0 Å². The van der Waals surface area contributed by atoms with Gasteiger partial charge < -0.3 is 0 Å². The van der Waals surface area contributed by atoms with Crippen molar-refractivity contribution in [1.82, 2.24) is 4.98 Å². The van der Waals surface area contributed by atoms with Gasteiger partial charge in [-0.3, -0.25) is 0 Å². The van der Waals surface area contributed by atoms with Gasteiger partial charge in [0.05, 0.1) is 11.5 Å². The molecule has 164 valence electrons. The van der Waals surface area contributed by atoms with Crippen LogP contribution in [0.2, 0.25) is 0 Å². The maximum Gasteiger partial charge on any atom is 0.219 e. The van der Waals surface area contributed by atoms with Gasteiger partial charge in [0.25, 0.3) is 0 Å². The van der Waals surface area contributed by atoms with Crippen molar-refractivity contribution in [1.29, 1.82) is 0 Å². The molecule has 7 heteroatoms. The molecule has 2 rings (SSSR count). The van der Waals surface area contributed by atoms with Crippen LogP contribution in [-0.4, -0.2) is 40.7 Å². The minimum Gasteiger partial charge on any atom is -0.238 e. The maximum atomic E-state index is 15.8. The van der Waals surface area contributed by atoms with Crippen LogP contribution in [0.25, 0.3) is 0 Å². The smallest absolute Gasteiger partial charge is 0.219 e. The highest BCUT2D eigenvalue weighted by Crippen LogP contribution is 2.59. The number of hydrogen-bond donors (Lipinski definition) is 0. The first kappa shape index (κ1) is 24.1. The fourth-order valence-electron chi connectivity index (χ4n) is 4.49. The number of pyridine rings is 1. The summed E-state index contributed by atoms with van der Waals surface area (Å²) in [7, 11) is -4.59. The van der Waals surface area contributed by atoms with Gasteiger partial charge in [-0.2, -0.15) is 14.4 Å². The van der Waals surface area contributed by atoms with E-state index in [0.29, 0.717) is 21.3 Å². The summed E-state index contributed by atoms with van der Waals surface area (Å²) in [5.41, 5.74) is -1.76. The average Bonchev–Trinajstić information content (AvgIpc) is 2.59. The Kier molecular flexibility index (Phi) is 7.12. The van der Waals surface area contributed by atoms with E-state index in [2.05, 4.69) is 57.7 Å². The van der Waals surface area contributed by atoms with Gasteiger partial charge in [-0.25, -0.2) is 17.8 Å². The zero-order valence-corrected chi connectivity index (χ0v) is 20.1. The predicted octanol–water partition coefficient (Wildman–Crippen LogP) is 5.18. The molecule has 1 aliphatic heterocycles. The lowest BCUT2D eigenvalue weighted by Gasteiger charge is -2.46. The molecule has 1 saturated heterocycles. The van der Waals surface area contributed by atoms with Crippen LogP contribution in [0.15, 0.2) is 12.3 Å². The van der Waals surface area contributed by atoms with Crippen molar-refractivity contribution >= 4 is 19.9 Å². The van der Waals surface area contributed by atoms with E-state index in [0.717, 1.165) is 0 Å². The van der Waals surface area contributed by atoms with Gasteiger partial charge in [0.2, 0.25) is 5.95 Å². The molecule has 0 spiro atoms. The van der Waals surface area contributed by atoms with E-state index in [1.165, 1.54) is 19.2 Å². The summed E-state index contributed by atoms with van der Waals surface area (Å²) in [4.78, 5) is 3.76. The van der Waals surface area contributed by atoms with E-state index >= 15 is 4.39 Å². The maximum absolute atomic E-state index is 15.8. The molecule has 0 amide bonds. The minimum atomic E-state index is -3.30. The molecular formula is C22H33F2NO2S2. The van der Waals surface area contributed by atoms with Crippen molar-refractivity contribution in [3.63, 3.8) is 0 Å². The Morgan fingerprint density at radius 1 is 1.17 bits per heavy atom. The molecule has 0 unspecified atom stereocenters. The van der Waals surface area contributed by atoms with Crippen molar-refractivity contribution in [3.05, 3.63) is 29.3 Å². The molecule has 0 radical (unpaired) electrons. The van der Waals surface area contributed by atoms with Crippen LogP contribution in [0.4, 0.5) is 8.78 Å². The van der Waals surface area contributed by atoms with Crippen molar-refractivity contribution in [2.24, 2.45) is 5.92 Å². The van der Waals surface area contributed by atoms with Crippen molar-refractivity contribution in [2.75, 3.05) is 11.5 Å². The van der Waals surface area contributed by atoms with E-state index in [-0.39, 0.29) is 23.5 Å². The largest absolute Gasteiger partial charge is 0.238 e. The van der Waals surface area contributed by atoms with Gasteiger partial charge in [0.15, 0.2) is 9.84 Å². The fraction of sp³-hybridized carbons (Fsp3) is 0.682. The Bertz CT molecular complexity index is 895. The standard InChI is InChI=1S/C22H33F2NO2S2/c1-15(2)29(16(3)4,17(5)6)10-8-19-12-20(21(23)25-13-19)22(24)9-11-28(26,27)14-18(22)7/h12-13,15-18H,9,11,14H2,1-7H3/t18-,22+/m1/s1. The Hall–Kier alpha value is -1.13. The predicted molar refractivity (Wildman–Crippen MR) is 119 cm³/mol. The number of sulfone groups is 1. The van der Waals surface area contributed by atoms with E-state index in [1.807, 2.05) is 0 Å². The average molecular weight is 446 g/mol. The Morgan fingerprint density at radius 2 is 1.72 bits per heavy atom. The Labute approximate surface area is 176 Å². The molecule has 0 aromatic carbocycles. The molecule has 1 aromatic heterocycles. The zero-order chi connectivity index (χ0) is 22.2. The molecule has 0 saturated carbocycles. The van der Waals surface area contributed by atoms with Crippen LogP contribution in [0, 0.1) is 23.0 Å². The summed E-state index contributed by atoms with van der Waals surface area (Å²) < 4.78 is 53.9. The first-order valence-corrected chi connectivity index (χ1v) is 13.8. The van der Waals surface area contributed by atoms with Crippen molar-refractivity contribution < 1.29 is 17.2 Å². The zero-order valence-electron chi connectivity index (χ0n) is 18.4.